The van der Waals surface area contributed by atoms with Gasteiger partial charge in [0, 0.05) is 6.42 Å². The van der Waals surface area contributed by atoms with E-state index in [1.807, 2.05) is 0 Å². The van der Waals surface area contributed by atoms with E-state index in [1.165, 1.54) is 51.4 Å². The van der Waals surface area contributed by atoms with Crippen molar-refractivity contribution in [3.8, 4) is 0 Å². The van der Waals surface area contributed by atoms with E-state index in [0.29, 0.717) is 5.41 Å². The van der Waals surface area contributed by atoms with Gasteiger partial charge in [0.15, 0.2) is 10.1 Å². The molecule has 0 aromatic carbocycles. The van der Waals surface area contributed by atoms with Gasteiger partial charge in [-0.05, 0) is 84.4 Å². The first-order valence-electron chi connectivity index (χ1n) is 7.73. The maximum absolute atomic E-state index is 5.87. The molecule has 1 heterocycles. The van der Waals surface area contributed by atoms with Crippen molar-refractivity contribution in [3.05, 3.63) is 9.84 Å². The predicted molar refractivity (Wildman–Crippen MR) is 85.0 cm³/mol. The van der Waals surface area contributed by atoms with Crippen LogP contribution in [0.2, 0.25) is 0 Å². The maximum atomic E-state index is 5.87. The molecule has 3 heteroatoms. The molecule has 0 bridgehead atoms. The van der Waals surface area contributed by atoms with Crippen LogP contribution in [0, 0.1) is 10.8 Å². The van der Waals surface area contributed by atoms with Gasteiger partial charge in [-0.15, -0.1) is 0 Å². The molecule has 1 aliphatic heterocycles. The van der Waals surface area contributed by atoms with Gasteiger partial charge in [-0.3, -0.25) is 0 Å². The second-order valence-corrected chi connectivity index (χ2v) is 8.21. The van der Waals surface area contributed by atoms with Crippen molar-refractivity contribution in [2.45, 2.75) is 71.0 Å². The van der Waals surface area contributed by atoms with Gasteiger partial charge in [0.25, 0.3) is 0 Å². The molecule has 3 rings (SSSR count). The molecule has 2 saturated carbocycles. The maximum Gasteiger partial charge on any atom is 0.200 e. The second-order valence-electron chi connectivity index (χ2n) is 7.14. The summed E-state index contributed by atoms with van der Waals surface area (Å²) in [6, 6.07) is 0. The molecule has 0 aromatic heterocycles. The number of allylic oxidation sites excluding steroid dienone is 1. The van der Waals surface area contributed by atoms with Crippen molar-refractivity contribution in [3.63, 3.8) is 0 Å². The Balaban J connectivity index is 1.43. The minimum Gasteiger partial charge on any atom is -0.459 e. The van der Waals surface area contributed by atoms with Crippen molar-refractivity contribution in [1.29, 1.82) is 0 Å². The van der Waals surface area contributed by atoms with Gasteiger partial charge in [-0.2, -0.15) is 0 Å². The zero-order valence-electron chi connectivity index (χ0n) is 11.9. The molecule has 1 spiro atoms. The van der Waals surface area contributed by atoms with Crippen molar-refractivity contribution in [2.75, 3.05) is 6.61 Å². The average Bonchev–Trinajstić information content (AvgIpc) is 2.32. The third-order valence-electron chi connectivity index (χ3n) is 5.16. The molecule has 0 N–H and O–H groups in total. The van der Waals surface area contributed by atoms with Crippen LogP contribution >= 0.6 is 22.6 Å². The summed E-state index contributed by atoms with van der Waals surface area (Å²) in [7, 11) is 0. The largest absolute Gasteiger partial charge is 0.459 e. The van der Waals surface area contributed by atoms with E-state index in [0.717, 1.165) is 22.2 Å². The van der Waals surface area contributed by atoms with Gasteiger partial charge in [-0.1, -0.05) is 13.3 Å². The fraction of sp³-hybridized carbons (Fsp3) is 0.875. The Kier molecular flexibility index (Phi) is 4.14. The Morgan fingerprint density at radius 3 is 2.68 bits per heavy atom. The van der Waals surface area contributed by atoms with E-state index in [4.69, 9.17) is 9.47 Å². The SMILES string of the molecule is CC1(C/C=C(/I)OC2CCCCO2)CC2(CCC2)C1. The average molecular weight is 376 g/mol. The van der Waals surface area contributed by atoms with Gasteiger partial charge in [0.1, 0.15) is 0 Å². The molecule has 1 atom stereocenters. The summed E-state index contributed by atoms with van der Waals surface area (Å²) < 4.78 is 12.5. The number of rotatable bonds is 4. The third-order valence-corrected chi connectivity index (χ3v) is 5.85. The molecular weight excluding hydrogens is 351 g/mol. The highest BCUT2D eigenvalue weighted by atomic mass is 127. The molecular formula is C16H25IO2. The Hall–Kier alpha value is 0.230. The molecule has 3 fully saturated rings. The smallest absolute Gasteiger partial charge is 0.200 e. The first kappa shape index (κ1) is 14.2. The molecule has 0 radical (unpaired) electrons. The fourth-order valence-corrected chi connectivity index (χ4v) is 4.74. The first-order chi connectivity index (χ1) is 9.09. The van der Waals surface area contributed by atoms with Gasteiger partial charge in [0.2, 0.25) is 0 Å². The Morgan fingerprint density at radius 1 is 1.32 bits per heavy atom. The highest BCUT2D eigenvalue weighted by Crippen LogP contribution is 2.65. The van der Waals surface area contributed by atoms with E-state index >= 15 is 0 Å². The predicted octanol–water partition coefficient (Wildman–Crippen LogP) is 5.17. The van der Waals surface area contributed by atoms with E-state index in [2.05, 4.69) is 35.6 Å². The lowest BCUT2D eigenvalue weighted by molar-refractivity contribution is -0.131. The number of halogens is 1. The Labute approximate surface area is 130 Å². The zero-order chi connectivity index (χ0) is 13.3. The van der Waals surface area contributed by atoms with E-state index in [1.54, 1.807) is 0 Å². The lowest BCUT2D eigenvalue weighted by Gasteiger charge is -2.60. The van der Waals surface area contributed by atoms with Crippen LogP contribution in [0.15, 0.2) is 9.84 Å². The minimum atomic E-state index is 0.00377. The quantitative estimate of drug-likeness (QED) is 0.498. The van der Waals surface area contributed by atoms with E-state index < -0.39 is 0 Å². The Bertz CT molecular complexity index is 346. The number of hydrogen-bond acceptors (Lipinski definition) is 2. The van der Waals surface area contributed by atoms with E-state index in [-0.39, 0.29) is 6.29 Å². The van der Waals surface area contributed by atoms with Crippen LogP contribution in [0.4, 0.5) is 0 Å². The summed E-state index contributed by atoms with van der Waals surface area (Å²) in [5.41, 5.74) is 1.30. The van der Waals surface area contributed by atoms with Crippen LogP contribution in [-0.4, -0.2) is 12.9 Å². The summed E-state index contributed by atoms with van der Waals surface area (Å²) in [5.74, 6) is 0. The van der Waals surface area contributed by atoms with Crippen molar-refractivity contribution in [1.82, 2.24) is 0 Å². The topological polar surface area (TPSA) is 18.5 Å². The Morgan fingerprint density at radius 2 is 2.11 bits per heavy atom. The van der Waals surface area contributed by atoms with Crippen LogP contribution in [0.1, 0.15) is 64.7 Å². The molecule has 0 aromatic rings. The lowest BCUT2D eigenvalue weighted by atomic mass is 9.45. The summed E-state index contributed by atoms with van der Waals surface area (Å²) in [5, 5.41) is 0. The molecule has 2 aliphatic carbocycles. The summed E-state index contributed by atoms with van der Waals surface area (Å²) >= 11 is 2.32. The van der Waals surface area contributed by atoms with Crippen LogP contribution in [0.25, 0.3) is 0 Å². The highest BCUT2D eigenvalue weighted by molar-refractivity contribution is 14.1. The molecule has 1 unspecified atom stereocenters. The summed E-state index contributed by atoms with van der Waals surface area (Å²) in [6.45, 7) is 3.29. The van der Waals surface area contributed by atoms with Gasteiger partial charge in [0.05, 0.1) is 6.61 Å². The van der Waals surface area contributed by atoms with Gasteiger partial charge in [-0.25, -0.2) is 0 Å². The normalized spacial score (nSPS) is 32.5. The van der Waals surface area contributed by atoms with Gasteiger partial charge >= 0.3 is 0 Å². The lowest BCUT2D eigenvalue weighted by Crippen LogP contribution is -2.48. The fourth-order valence-electron chi connectivity index (χ4n) is 4.24. The third kappa shape index (κ3) is 3.29. The van der Waals surface area contributed by atoms with Crippen LogP contribution in [0.3, 0.4) is 0 Å². The first-order valence-corrected chi connectivity index (χ1v) is 8.81. The van der Waals surface area contributed by atoms with Crippen molar-refractivity contribution >= 4 is 22.6 Å². The molecule has 2 nitrogen and oxygen atoms in total. The van der Waals surface area contributed by atoms with Crippen LogP contribution < -0.4 is 0 Å². The summed E-state index contributed by atoms with van der Waals surface area (Å²) in [4.78, 5) is 0. The van der Waals surface area contributed by atoms with Crippen LogP contribution in [-0.2, 0) is 9.47 Å². The number of hydrogen-bond donors (Lipinski definition) is 0. The molecule has 3 aliphatic rings. The van der Waals surface area contributed by atoms with Gasteiger partial charge < -0.3 is 9.47 Å². The minimum absolute atomic E-state index is 0.00377. The highest BCUT2D eigenvalue weighted by Gasteiger charge is 2.53. The molecule has 108 valence electrons. The molecule has 0 amide bonds. The van der Waals surface area contributed by atoms with E-state index in [9.17, 15) is 0 Å². The monoisotopic (exact) mass is 376 g/mol. The van der Waals surface area contributed by atoms with Crippen molar-refractivity contribution in [2.24, 2.45) is 10.8 Å². The summed E-state index contributed by atoms with van der Waals surface area (Å²) in [6.07, 6.45) is 14.2. The second kappa shape index (κ2) is 5.55. The molecule has 19 heavy (non-hydrogen) atoms. The molecule has 1 saturated heterocycles. The van der Waals surface area contributed by atoms with Crippen LogP contribution in [0.5, 0.6) is 0 Å². The zero-order valence-corrected chi connectivity index (χ0v) is 14.1. The van der Waals surface area contributed by atoms with Crippen molar-refractivity contribution < 1.29 is 9.47 Å². The number of ether oxygens (including phenoxy) is 2. The standard InChI is InChI=1S/C16H25IO2/c1-15(11-16(12-15)7-4-8-16)9-6-13(17)19-14-5-2-3-10-18-14/h6,14H,2-5,7-12H2,1H3/b13-6-.